The summed E-state index contributed by atoms with van der Waals surface area (Å²) in [5, 5.41) is 3.75. The molecule has 0 aliphatic carbocycles. The number of nitrogens with one attached hydrogen (secondary N) is 1. The van der Waals surface area contributed by atoms with E-state index in [9.17, 15) is 4.79 Å². The lowest BCUT2D eigenvalue weighted by Crippen LogP contribution is -2.19. The lowest BCUT2D eigenvalue weighted by Gasteiger charge is -2.02. The van der Waals surface area contributed by atoms with Crippen LogP contribution in [0.15, 0.2) is 41.5 Å². The van der Waals surface area contributed by atoms with Crippen LogP contribution in [-0.2, 0) is 11.2 Å². The van der Waals surface area contributed by atoms with Gasteiger partial charge in [0, 0.05) is 6.21 Å². The zero-order chi connectivity index (χ0) is 12.5. The minimum atomic E-state index is -0.143. The molecule has 0 bridgehead atoms. The summed E-state index contributed by atoms with van der Waals surface area (Å²) in [6.07, 6.45) is 5.41. The average Bonchev–Trinajstić information content (AvgIpc) is 2.36. The first kappa shape index (κ1) is 13.0. The van der Waals surface area contributed by atoms with E-state index in [1.807, 2.05) is 37.3 Å². The molecule has 0 spiro atoms. The molecular formula is C13H16N2O2. The minimum Gasteiger partial charge on any atom is -0.497 e. The second-order valence-corrected chi connectivity index (χ2v) is 3.36. The Morgan fingerprint density at radius 3 is 2.71 bits per heavy atom. The number of carbonyl (C=O) groups excluding carboxylic acids is 1. The van der Waals surface area contributed by atoms with Gasteiger partial charge in [0.2, 0.25) is 5.91 Å². The fourth-order valence-corrected chi connectivity index (χ4v) is 1.21. The van der Waals surface area contributed by atoms with Crippen molar-refractivity contribution in [3.63, 3.8) is 0 Å². The second-order valence-electron chi connectivity index (χ2n) is 3.36. The van der Waals surface area contributed by atoms with E-state index in [0.717, 1.165) is 11.3 Å². The quantitative estimate of drug-likeness (QED) is 0.623. The van der Waals surface area contributed by atoms with E-state index in [2.05, 4.69) is 10.5 Å². The zero-order valence-corrected chi connectivity index (χ0v) is 10.0. The molecule has 0 heterocycles. The van der Waals surface area contributed by atoms with Crippen molar-refractivity contribution >= 4 is 12.1 Å². The Hall–Kier alpha value is -2.10. The molecule has 0 saturated heterocycles. The fraction of sp³-hybridized carbons (Fsp3) is 0.231. The molecule has 4 heteroatoms. The van der Waals surface area contributed by atoms with Gasteiger partial charge in [-0.1, -0.05) is 18.2 Å². The third kappa shape index (κ3) is 4.97. The van der Waals surface area contributed by atoms with E-state index < -0.39 is 0 Å². The Morgan fingerprint density at radius 1 is 1.41 bits per heavy atom. The minimum absolute atomic E-state index is 0.143. The standard InChI is InChI=1S/C13H16N2O2/c1-3-4-9-14-15-13(16)10-11-5-7-12(17-2)8-6-11/h3-9H,10H2,1-2H3,(H,15,16). The van der Waals surface area contributed by atoms with Crippen molar-refractivity contribution in [3.05, 3.63) is 42.0 Å². The summed E-state index contributed by atoms with van der Waals surface area (Å²) < 4.78 is 5.03. The van der Waals surface area contributed by atoms with Crippen LogP contribution in [0.25, 0.3) is 0 Å². The lowest BCUT2D eigenvalue weighted by atomic mass is 10.1. The largest absolute Gasteiger partial charge is 0.497 e. The molecule has 1 rings (SSSR count). The number of methoxy groups -OCH3 is 1. The van der Waals surface area contributed by atoms with Gasteiger partial charge in [-0.25, -0.2) is 5.43 Å². The van der Waals surface area contributed by atoms with E-state index >= 15 is 0 Å². The van der Waals surface area contributed by atoms with Crippen molar-refractivity contribution in [2.75, 3.05) is 7.11 Å². The third-order valence-corrected chi connectivity index (χ3v) is 2.07. The number of hydrogen-bond donors (Lipinski definition) is 1. The van der Waals surface area contributed by atoms with Crippen molar-refractivity contribution in [2.24, 2.45) is 5.10 Å². The topological polar surface area (TPSA) is 50.7 Å². The van der Waals surface area contributed by atoms with Crippen LogP contribution in [0.1, 0.15) is 12.5 Å². The highest BCUT2D eigenvalue weighted by molar-refractivity contribution is 5.80. The first-order chi connectivity index (χ1) is 8.26. The third-order valence-electron chi connectivity index (χ3n) is 2.07. The van der Waals surface area contributed by atoms with E-state index in [4.69, 9.17) is 4.74 Å². The van der Waals surface area contributed by atoms with E-state index in [1.165, 1.54) is 6.21 Å². The monoisotopic (exact) mass is 232 g/mol. The summed E-state index contributed by atoms with van der Waals surface area (Å²) in [4.78, 5) is 11.4. The van der Waals surface area contributed by atoms with Crippen LogP contribution in [-0.4, -0.2) is 19.2 Å². The van der Waals surface area contributed by atoms with Gasteiger partial charge in [-0.3, -0.25) is 4.79 Å². The Kier molecular flexibility index (Phi) is 5.51. The average molecular weight is 232 g/mol. The number of rotatable bonds is 5. The van der Waals surface area contributed by atoms with Gasteiger partial charge in [-0.15, -0.1) is 0 Å². The molecule has 0 saturated carbocycles. The number of ether oxygens (including phenoxy) is 1. The maximum Gasteiger partial charge on any atom is 0.244 e. The molecule has 0 aliphatic heterocycles. The van der Waals surface area contributed by atoms with Gasteiger partial charge in [-0.2, -0.15) is 5.10 Å². The fourth-order valence-electron chi connectivity index (χ4n) is 1.21. The van der Waals surface area contributed by atoms with E-state index in [0.29, 0.717) is 6.42 Å². The Bertz CT molecular complexity index is 408. The van der Waals surface area contributed by atoms with Gasteiger partial charge in [0.15, 0.2) is 0 Å². The summed E-state index contributed by atoms with van der Waals surface area (Å²) in [7, 11) is 1.61. The molecule has 0 unspecified atom stereocenters. The van der Waals surface area contributed by atoms with Gasteiger partial charge in [-0.05, 0) is 30.7 Å². The summed E-state index contributed by atoms with van der Waals surface area (Å²) in [5.41, 5.74) is 3.36. The first-order valence-electron chi connectivity index (χ1n) is 5.32. The molecule has 0 aromatic heterocycles. The summed E-state index contributed by atoms with van der Waals surface area (Å²) in [6, 6.07) is 7.36. The molecule has 4 nitrogen and oxygen atoms in total. The molecule has 90 valence electrons. The molecule has 1 N–H and O–H groups in total. The molecule has 1 amide bonds. The maximum absolute atomic E-state index is 11.4. The van der Waals surface area contributed by atoms with Gasteiger partial charge in [0.1, 0.15) is 5.75 Å². The number of carbonyl (C=O) groups is 1. The highest BCUT2D eigenvalue weighted by Crippen LogP contribution is 2.11. The van der Waals surface area contributed by atoms with Crippen molar-refractivity contribution in [2.45, 2.75) is 13.3 Å². The van der Waals surface area contributed by atoms with Crippen LogP contribution >= 0.6 is 0 Å². The smallest absolute Gasteiger partial charge is 0.244 e. The summed E-state index contributed by atoms with van der Waals surface area (Å²) in [6.45, 7) is 1.88. The van der Waals surface area contributed by atoms with Gasteiger partial charge in [0.05, 0.1) is 13.5 Å². The van der Waals surface area contributed by atoms with Crippen molar-refractivity contribution < 1.29 is 9.53 Å². The molecule has 0 fully saturated rings. The van der Waals surface area contributed by atoms with Crippen LogP contribution in [0.4, 0.5) is 0 Å². The second kappa shape index (κ2) is 7.22. The molecule has 0 aliphatic rings. The number of allylic oxidation sites excluding steroid dienone is 2. The van der Waals surface area contributed by atoms with Crippen molar-refractivity contribution in [1.82, 2.24) is 5.43 Å². The van der Waals surface area contributed by atoms with Crippen LogP contribution in [0.3, 0.4) is 0 Å². The maximum atomic E-state index is 11.4. The van der Waals surface area contributed by atoms with Gasteiger partial charge < -0.3 is 4.74 Å². The molecule has 0 atom stereocenters. The Labute approximate surface area is 101 Å². The Balaban J connectivity index is 2.44. The predicted octanol–water partition coefficient (Wildman–Crippen LogP) is 1.92. The van der Waals surface area contributed by atoms with Crippen LogP contribution in [0.5, 0.6) is 5.75 Å². The highest BCUT2D eigenvalue weighted by Gasteiger charge is 2.01. The number of amides is 1. The molecular weight excluding hydrogens is 216 g/mol. The number of hydrazone groups is 1. The van der Waals surface area contributed by atoms with Crippen molar-refractivity contribution in [3.8, 4) is 5.75 Å². The highest BCUT2D eigenvalue weighted by atomic mass is 16.5. The number of nitrogens with zero attached hydrogens (tertiary/aromatic N) is 1. The molecule has 0 radical (unpaired) electrons. The lowest BCUT2D eigenvalue weighted by molar-refractivity contribution is -0.120. The SMILES string of the molecule is CC=CC=NNC(=O)Cc1ccc(OC)cc1. The summed E-state index contributed by atoms with van der Waals surface area (Å²) in [5.74, 6) is 0.635. The van der Waals surface area contributed by atoms with E-state index in [1.54, 1.807) is 13.2 Å². The first-order valence-corrected chi connectivity index (χ1v) is 5.32. The number of hydrogen-bond acceptors (Lipinski definition) is 3. The molecule has 1 aromatic rings. The van der Waals surface area contributed by atoms with Crippen LogP contribution in [0.2, 0.25) is 0 Å². The normalized spacial score (nSPS) is 10.9. The van der Waals surface area contributed by atoms with Crippen molar-refractivity contribution in [1.29, 1.82) is 0 Å². The predicted molar refractivity (Wildman–Crippen MR) is 68.1 cm³/mol. The van der Waals surface area contributed by atoms with Gasteiger partial charge >= 0.3 is 0 Å². The van der Waals surface area contributed by atoms with Gasteiger partial charge in [0.25, 0.3) is 0 Å². The Morgan fingerprint density at radius 2 is 2.12 bits per heavy atom. The molecule has 1 aromatic carbocycles. The molecule has 17 heavy (non-hydrogen) atoms. The zero-order valence-electron chi connectivity index (χ0n) is 10.0. The summed E-state index contributed by atoms with van der Waals surface area (Å²) >= 11 is 0. The number of benzene rings is 1. The van der Waals surface area contributed by atoms with Crippen LogP contribution in [0, 0.1) is 0 Å². The van der Waals surface area contributed by atoms with Crippen LogP contribution < -0.4 is 10.2 Å². The van der Waals surface area contributed by atoms with E-state index in [-0.39, 0.29) is 5.91 Å².